The van der Waals surface area contributed by atoms with Gasteiger partial charge in [0.15, 0.2) is 0 Å². The van der Waals surface area contributed by atoms with Crippen molar-refractivity contribution < 1.29 is 9.13 Å². The van der Waals surface area contributed by atoms with Crippen molar-refractivity contribution in [2.75, 3.05) is 5.43 Å². The lowest BCUT2D eigenvalue weighted by Crippen LogP contribution is -2.06. The molecule has 0 radical (unpaired) electrons. The van der Waals surface area contributed by atoms with Gasteiger partial charge in [0.1, 0.15) is 18.2 Å². The second kappa shape index (κ2) is 5.32. The molecule has 0 bridgehead atoms. The maximum atomic E-state index is 12.7. The number of anilines is 1. The lowest BCUT2D eigenvalue weighted by atomic mass is 10.2. The van der Waals surface area contributed by atoms with Gasteiger partial charge in [0.05, 0.1) is 0 Å². The molecule has 0 aliphatic rings. The Morgan fingerprint density at radius 3 is 2.24 bits per heavy atom. The molecule has 3 N–H and O–H groups in total. The zero-order valence-corrected chi connectivity index (χ0v) is 9.19. The number of hydrazine groups is 1. The molecule has 0 spiro atoms. The fourth-order valence-corrected chi connectivity index (χ4v) is 1.39. The molecule has 0 saturated carbocycles. The second-order valence-corrected chi connectivity index (χ2v) is 3.58. The molecular formula is C13H13FN2O. The molecule has 2 aromatic rings. The summed E-state index contributed by atoms with van der Waals surface area (Å²) in [7, 11) is 0. The van der Waals surface area contributed by atoms with E-state index in [4.69, 9.17) is 10.6 Å². The predicted octanol–water partition coefficient (Wildman–Crippen LogP) is 2.69. The smallest absolute Gasteiger partial charge is 0.123 e. The molecule has 4 heteroatoms. The molecule has 0 unspecified atom stereocenters. The monoisotopic (exact) mass is 232 g/mol. The molecule has 0 atom stereocenters. The van der Waals surface area contributed by atoms with E-state index in [0.29, 0.717) is 6.61 Å². The Labute approximate surface area is 99.0 Å². The van der Waals surface area contributed by atoms with Gasteiger partial charge in [-0.3, -0.25) is 5.84 Å². The van der Waals surface area contributed by atoms with Crippen molar-refractivity contribution in [2.24, 2.45) is 5.84 Å². The number of nitrogens with one attached hydrogen (secondary N) is 1. The number of nitrogens with two attached hydrogens (primary N) is 1. The number of hydrogen-bond acceptors (Lipinski definition) is 3. The van der Waals surface area contributed by atoms with E-state index < -0.39 is 0 Å². The van der Waals surface area contributed by atoms with Crippen LogP contribution in [0.15, 0.2) is 48.5 Å². The van der Waals surface area contributed by atoms with E-state index in [9.17, 15) is 4.39 Å². The number of hydrogen-bond donors (Lipinski definition) is 2. The first-order valence-corrected chi connectivity index (χ1v) is 5.22. The zero-order chi connectivity index (χ0) is 12.1. The highest BCUT2D eigenvalue weighted by atomic mass is 19.1. The summed E-state index contributed by atoms with van der Waals surface area (Å²) < 4.78 is 18.2. The highest BCUT2D eigenvalue weighted by Gasteiger charge is 1.97. The van der Waals surface area contributed by atoms with E-state index >= 15 is 0 Å². The van der Waals surface area contributed by atoms with Gasteiger partial charge in [0.2, 0.25) is 0 Å². The van der Waals surface area contributed by atoms with Gasteiger partial charge in [0.25, 0.3) is 0 Å². The highest BCUT2D eigenvalue weighted by Crippen LogP contribution is 2.16. The van der Waals surface area contributed by atoms with Crippen LogP contribution in [0.2, 0.25) is 0 Å². The Bertz CT molecular complexity index is 468. The van der Waals surface area contributed by atoms with E-state index in [1.54, 1.807) is 12.1 Å². The van der Waals surface area contributed by atoms with Crippen LogP contribution < -0.4 is 16.0 Å². The maximum absolute atomic E-state index is 12.7. The van der Waals surface area contributed by atoms with Gasteiger partial charge >= 0.3 is 0 Å². The summed E-state index contributed by atoms with van der Waals surface area (Å²) >= 11 is 0. The molecule has 0 aliphatic heterocycles. The normalized spacial score (nSPS) is 10.0. The van der Waals surface area contributed by atoms with Gasteiger partial charge in [-0.25, -0.2) is 4.39 Å². The van der Waals surface area contributed by atoms with Gasteiger partial charge in [-0.15, -0.1) is 0 Å². The molecule has 0 saturated heterocycles. The Hall–Kier alpha value is -2.07. The fourth-order valence-electron chi connectivity index (χ4n) is 1.39. The van der Waals surface area contributed by atoms with E-state index in [2.05, 4.69) is 5.43 Å². The fraction of sp³-hybridized carbons (Fsp3) is 0.0769. The van der Waals surface area contributed by atoms with Crippen LogP contribution in [-0.2, 0) is 6.61 Å². The third-order valence-corrected chi connectivity index (χ3v) is 2.34. The Morgan fingerprint density at radius 1 is 1.00 bits per heavy atom. The summed E-state index contributed by atoms with van der Waals surface area (Å²) in [6.07, 6.45) is 0. The van der Waals surface area contributed by atoms with E-state index in [0.717, 1.165) is 17.0 Å². The minimum atomic E-state index is -0.243. The zero-order valence-electron chi connectivity index (χ0n) is 9.19. The molecule has 88 valence electrons. The van der Waals surface area contributed by atoms with E-state index in [1.807, 2.05) is 24.3 Å². The maximum Gasteiger partial charge on any atom is 0.123 e. The highest BCUT2D eigenvalue weighted by molar-refractivity contribution is 5.45. The largest absolute Gasteiger partial charge is 0.489 e. The Balaban J connectivity index is 1.95. The second-order valence-electron chi connectivity index (χ2n) is 3.58. The Kier molecular flexibility index (Phi) is 3.57. The number of nitrogen functional groups attached to an aromatic ring is 1. The van der Waals surface area contributed by atoms with Crippen LogP contribution >= 0.6 is 0 Å². The third kappa shape index (κ3) is 3.19. The summed E-state index contributed by atoms with van der Waals surface area (Å²) in [4.78, 5) is 0. The topological polar surface area (TPSA) is 47.3 Å². The van der Waals surface area contributed by atoms with Crippen molar-refractivity contribution in [3.63, 3.8) is 0 Å². The molecule has 0 aromatic heterocycles. The molecular weight excluding hydrogens is 219 g/mol. The van der Waals surface area contributed by atoms with Crippen LogP contribution in [0.5, 0.6) is 5.75 Å². The van der Waals surface area contributed by atoms with Gasteiger partial charge < -0.3 is 10.2 Å². The molecule has 0 amide bonds. The molecule has 2 aromatic carbocycles. The quantitative estimate of drug-likeness (QED) is 0.629. The van der Waals surface area contributed by atoms with Gasteiger partial charge in [-0.2, -0.15) is 0 Å². The van der Waals surface area contributed by atoms with Gasteiger partial charge in [-0.05, 0) is 42.0 Å². The molecule has 0 fully saturated rings. The van der Waals surface area contributed by atoms with Gasteiger partial charge in [-0.1, -0.05) is 12.1 Å². The average molecular weight is 232 g/mol. The van der Waals surface area contributed by atoms with Crippen LogP contribution in [0.3, 0.4) is 0 Å². The number of ether oxygens (including phenoxy) is 1. The SMILES string of the molecule is NNc1ccc(OCc2ccc(F)cc2)cc1. The van der Waals surface area contributed by atoms with Crippen molar-refractivity contribution in [1.29, 1.82) is 0 Å². The number of halogens is 1. The van der Waals surface area contributed by atoms with Crippen molar-refractivity contribution in [1.82, 2.24) is 0 Å². The standard InChI is InChI=1S/C13H13FN2O/c14-11-3-1-10(2-4-11)9-17-13-7-5-12(16-15)6-8-13/h1-8,16H,9,15H2. The molecule has 3 nitrogen and oxygen atoms in total. The average Bonchev–Trinajstić information content (AvgIpc) is 2.39. The lowest BCUT2D eigenvalue weighted by molar-refractivity contribution is 0.306. The van der Waals surface area contributed by atoms with E-state index in [-0.39, 0.29) is 5.82 Å². The summed E-state index contributed by atoms with van der Waals surface area (Å²) in [5.74, 6) is 5.75. The lowest BCUT2D eigenvalue weighted by Gasteiger charge is -2.07. The van der Waals surface area contributed by atoms with Crippen LogP contribution in [0.4, 0.5) is 10.1 Å². The molecule has 2 rings (SSSR count). The van der Waals surface area contributed by atoms with Crippen molar-refractivity contribution in [3.05, 3.63) is 59.9 Å². The van der Waals surface area contributed by atoms with Crippen LogP contribution in [-0.4, -0.2) is 0 Å². The molecule has 0 aliphatic carbocycles. The van der Waals surface area contributed by atoms with Crippen molar-refractivity contribution >= 4 is 5.69 Å². The van der Waals surface area contributed by atoms with Crippen LogP contribution in [0.25, 0.3) is 0 Å². The minimum Gasteiger partial charge on any atom is -0.489 e. The van der Waals surface area contributed by atoms with Crippen molar-refractivity contribution in [2.45, 2.75) is 6.61 Å². The number of rotatable bonds is 4. The minimum absolute atomic E-state index is 0.243. The van der Waals surface area contributed by atoms with Crippen LogP contribution in [0.1, 0.15) is 5.56 Å². The Morgan fingerprint density at radius 2 is 1.65 bits per heavy atom. The summed E-state index contributed by atoms with van der Waals surface area (Å²) in [6.45, 7) is 0.412. The first-order valence-electron chi connectivity index (χ1n) is 5.22. The predicted molar refractivity (Wildman–Crippen MR) is 65.0 cm³/mol. The summed E-state index contributed by atoms with van der Waals surface area (Å²) in [6, 6.07) is 13.5. The molecule has 0 heterocycles. The van der Waals surface area contributed by atoms with Gasteiger partial charge in [0, 0.05) is 5.69 Å². The summed E-state index contributed by atoms with van der Waals surface area (Å²) in [5.41, 5.74) is 4.28. The third-order valence-electron chi connectivity index (χ3n) is 2.34. The number of benzene rings is 2. The van der Waals surface area contributed by atoms with Crippen molar-refractivity contribution in [3.8, 4) is 5.75 Å². The summed E-state index contributed by atoms with van der Waals surface area (Å²) in [5, 5.41) is 0. The van der Waals surface area contributed by atoms with Crippen LogP contribution in [0, 0.1) is 5.82 Å². The molecule has 17 heavy (non-hydrogen) atoms. The first-order chi connectivity index (χ1) is 8.28. The first kappa shape index (κ1) is 11.4. The van der Waals surface area contributed by atoms with E-state index in [1.165, 1.54) is 12.1 Å².